The van der Waals surface area contributed by atoms with Crippen LogP contribution in [0.1, 0.15) is 24.8 Å². The lowest BCUT2D eigenvalue weighted by Gasteiger charge is -2.39. The van der Waals surface area contributed by atoms with Crippen molar-refractivity contribution in [2.75, 3.05) is 19.8 Å². The standard InChI is InChI=1S/C16H20O6S/c1-3-20-14(18)16(15(19)21-4-2)12(17)10-22-13(23-16)11-8-6-5-7-9-11/h5-9,12-13,17H,3-4,10H2,1-2H3/t12-,13-/m0/s1. The topological polar surface area (TPSA) is 82.1 Å². The quantitative estimate of drug-likeness (QED) is 0.645. The van der Waals surface area contributed by atoms with E-state index in [1.165, 1.54) is 0 Å². The largest absolute Gasteiger partial charge is 0.464 e. The molecule has 0 amide bonds. The monoisotopic (exact) mass is 340 g/mol. The van der Waals surface area contributed by atoms with Crippen LogP contribution in [0, 0.1) is 0 Å². The Morgan fingerprint density at radius 2 is 1.78 bits per heavy atom. The summed E-state index contributed by atoms with van der Waals surface area (Å²) in [6.07, 6.45) is -1.34. The first-order valence-electron chi connectivity index (χ1n) is 7.43. The molecule has 1 fully saturated rings. The number of thioether (sulfide) groups is 1. The van der Waals surface area contributed by atoms with Crippen molar-refractivity contribution in [1.29, 1.82) is 0 Å². The molecule has 0 aliphatic carbocycles. The van der Waals surface area contributed by atoms with Crippen LogP contribution in [0.4, 0.5) is 0 Å². The summed E-state index contributed by atoms with van der Waals surface area (Å²) in [7, 11) is 0. The van der Waals surface area contributed by atoms with E-state index in [0.717, 1.165) is 17.3 Å². The molecule has 0 spiro atoms. The second-order valence-corrected chi connectivity index (χ2v) is 6.19. The summed E-state index contributed by atoms with van der Waals surface area (Å²) >= 11 is 0.915. The summed E-state index contributed by atoms with van der Waals surface area (Å²) in [6, 6.07) is 9.18. The molecule has 1 aliphatic rings. The van der Waals surface area contributed by atoms with Crippen molar-refractivity contribution < 1.29 is 28.9 Å². The summed E-state index contributed by atoms with van der Waals surface area (Å²) in [4.78, 5) is 24.9. The summed E-state index contributed by atoms with van der Waals surface area (Å²) in [5.41, 5.74) is 0.218. The maximum Gasteiger partial charge on any atom is 0.336 e. The summed E-state index contributed by atoms with van der Waals surface area (Å²) in [6.45, 7) is 3.32. The second kappa shape index (κ2) is 7.81. The van der Waals surface area contributed by atoms with Crippen LogP contribution < -0.4 is 0 Å². The highest BCUT2D eigenvalue weighted by Gasteiger charge is 2.59. The van der Waals surface area contributed by atoms with E-state index in [0.29, 0.717) is 0 Å². The third-order valence-corrected chi connectivity index (χ3v) is 5.00. The zero-order chi connectivity index (χ0) is 16.9. The first kappa shape index (κ1) is 17.8. The molecule has 0 radical (unpaired) electrons. The molecule has 2 rings (SSSR count). The van der Waals surface area contributed by atoms with Gasteiger partial charge in [0.05, 0.1) is 19.8 Å². The van der Waals surface area contributed by atoms with Gasteiger partial charge >= 0.3 is 11.9 Å². The fourth-order valence-electron chi connectivity index (χ4n) is 2.28. The molecule has 1 heterocycles. The maximum atomic E-state index is 12.5. The van der Waals surface area contributed by atoms with Gasteiger partial charge in [-0.3, -0.25) is 0 Å². The fourth-order valence-corrected chi connectivity index (χ4v) is 3.59. The van der Waals surface area contributed by atoms with E-state index in [1.54, 1.807) is 13.8 Å². The van der Waals surface area contributed by atoms with Crippen molar-refractivity contribution >= 4 is 23.7 Å². The molecule has 6 nitrogen and oxygen atoms in total. The minimum absolute atomic E-state index is 0.101. The molecule has 1 saturated heterocycles. The van der Waals surface area contributed by atoms with Gasteiger partial charge in [-0.1, -0.05) is 42.1 Å². The second-order valence-electron chi connectivity index (χ2n) is 4.89. The van der Waals surface area contributed by atoms with Crippen molar-refractivity contribution in [2.24, 2.45) is 0 Å². The SMILES string of the molecule is CCOC(=O)C1(C(=O)OCC)S[C@@H](c2ccccc2)OC[C@@H]1O. The molecular formula is C16H20O6S. The minimum atomic E-state index is -1.84. The highest BCUT2D eigenvalue weighted by molar-refractivity contribution is 8.02. The number of hydrogen-bond acceptors (Lipinski definition) is 7. The normalized spacial score (nSPS) is 23.1. The van der Waals surface area contributed by atoms with E-state index < -0.39 is 28.2 Å². The Hall–Kier alpha value is -1.57. The van der Waals surface area contributed by atoms with Gasteiger partial charge in [-0.05, 0) is 19.4 Å². The van der Waals surface area contributed by atoms with Gasteiger partial charge in [-0.2, -0.15) is 0 Å². The molecule has 1 aromatic carbocycles. The summed E-state index contributed by atoms with van der Waals surface area (Å²) in [5, 5.41) is 10.3. The first-order chi connectivity index (χ1) is 11.1. The zero-order valence-corrected chi connectivity index (χ0v) is 13.9. The molecule has 1 N–H and O–H groups in total. The number of hydrogen-bond donors (Lipinski definition) is 1. The molecular weight excluding hydrogens is 320 g/mol. The number of esters is 2. The van der Waals surface area contributed by atoms with Crippen LogP contribution >= 0.6 is 11.8 Å². The van der Waals surface area contributed by atoms with E-state index in [2.05, 4.69) is 0 Å². The number of ether oxygens (including phenoxy) is 3. The first-order valence-corrected chi connectivity index (χ1v) is 8.31. The predicted molar refractivity (Wildman–Crippen MR) is 84.7 cm³/mol. The van der Waals surface area contributed by atoms with Gasteiger partial charge in [0.25, 0.3) is 0 Å². The van der Waals surface area contributed by atoms with E-state index in [-0.39, 0.29) is 19.8 Å². The summed E-state index contributed by atoms with van der Waals surface area (Å²) < 4.78 is 13.8. The number of carbonyl (C=O) groups excluding carboxylic acids is 2. The Labute approximate surface area is 139 Å². The number of rotatable bonds is 5. The molecule has 0 bridgehead atoms. The number of aliphatic hydroxyl groups excluding tert-OH is 1. The van der Waals surface area contributed by atoms with Crippen LogP contribution in [0.15, 0.2) is 30.3 Å². The van der Waals surface area contributed by atoms with Crippen LogP contribution in [0.5, 0.6) is 0 Å². The van der Waals surface area contributed by atoms with Crippen LogP contribution in [0.2, 0.25) is 0 Å². The molecule has 0 unspecified atom stereocenters. The fraction of sp³-hybridized carbons (Fsp3) is 0.500. The van der Waals surface area contributed by atoms with Gasteiger partial charge in [-0.25, -0.2) is 9.59 Å². The zero-order valence-electron chi connectivity index (χ0n) is 13.1. The van der Waals surface area contributed by atoms with Crippen LogP contribution in [-0.2, 0) is 23.8 Å². The molecule has 0 saturated carbocycles. The number of carbonyl (C=O) groups is 2. The average molecular weight is 340 g/mol. The average Bonchev–Trinajstić information content (AvgIpc) is 2.56. The van der Waals surface area contributed by atoms with E-state index >= 15 is 0 Å². The van der Waals surface area contributed by atoms with E-state index in [1.807, 2.05) is 30.3 Å². The Bertz CT molecular complexity index is 529. The van der Waals surface area contributed by atoms with E-state index in [4.69, 9.17) is 14.2 Å². The number of aliphatic hydroxyl groups is 1. The van der Waals surface area contributed by atoms with Crippen molar-refractivity contribution in [3.63, 3.8) is 0 Å². The molecule has 7 heteroatoms. The van der Waals surface area contributed by atoms with Gasteiger partial charge in [0.2, 0.25) is 4.75 Å². The van der Waals surface area contributed by atoms with Gasteiger partial charge in [0.15, 0.2) is 0 Å². The van der Waals surface area contributed by atoms with Gasteiger partial charge in [-0.15, -0.1) is 0 Å². The van der Waals surface area contributed by atoms with Crippen LogP contribution in [0.25, 0.3) is 0 Å². The molecule has 2 atom stereocenters. The van der Waals surface area contributed by atoms with Gasteiger partial charge < -0.3 is 19.3 Å². The molecule has 1 aromatic rings. The van der Waals surface area contributed by atoms with Gasteiger partial charge in [0, 0.05) is 0 Å². The van der Waals surface area contributed by atoms with Crippen LogP contribution in [0.3, 0.4) is 0 Å². The van der Waals surface area contributed by atoms with Crippen molar-refractivity contribution in [1.82, 2.24) is 0 Å². The highest BCUT2D eigenvalue weighted by atomic mass is 32.2. The third-order valence-electron chi connectivity index (χ3n) is 3.40. The van der Waals surface area contributed by atoms with Crippen molar-refractivity contribution in [3.05, 3.63) is 35.9 Å². The van der Waals surface area contributed by atoms with Crippen molar-refractivity contribution in [2.45, 2.75) is 30.1 Å². The van der Waals surface area contributed by atoms with Crippen molar-refractivity contribution in [3.8, 4) is 0 Å². The Kier molecular flexibility index (Phi) is 6.04. The molecule has 126 valence electrons. The third kappa shape index (κ3) is 3.52. The summed E-state index contributed by atoms with van der Waals surface area (Å²) in [5.74, 6) is -1.61. The van der Waals surface area contributed by atoms with E-state index in [9.17, 15) is 14.7 Å². The maximum absolute atomic E-state index is 12.5. The lowest BCUT2D eigenvalue weighted by atomic mass is 10.0. The Morgan fingerprint density at radius 1 is 1.22 bits per heavy atom. The minimum Gasteiger partial charge on any atom is -0.464 e. The molecule has 23 heavy (non-hydrogen) atoms. The highest BCUT2D eigenvalue weighted by Crippen LogP contribution is 2.47. The Morgan fingerprint density at radius 3 is 2.30 bits per heavy atom. The predicted octanol–water partition coefficient (Wildman–Crippen LogP) is 1.67. The lowest BCUT2D eigenvalue weighted by Crippen LogP contribution is -2.59. The Balaban J connectivity index is 2.36. The molecule has 1 aliphatic heterocycles. The number of benzene rings is 1. The smallest absolute Gasteiger partial charge is 0.336 e. The van der Waals surface area contributed by atoms with Crippen LogP contribution in [-0.4, -0.2) is 47.7 Å². The molecule has 0 aromatic heterocycles. The lowest BCUT2D eigenvalue weighted by molar-refractivity contribution is -0.166. The van der Waals surface area contributed by atoms with Gasteiger partial charge in [0.1, 0.15) is 11.5 Å².